The highest BCUT2D eigenvalue weighted by Gasteiger charge is 2.61. The molecule has 3 aromatic carbocycles. The first-order valence-electron chi connectivity index (χ1n) is 14.5. The highest BCUT2D eigenvalue weighted by atomic mass is 16.5. The normalized spacial score (nSPS) is 22.6. The number of hydrogen-bond donors (Lipinski definition) is 0. The molecule has 1 aliphatic heterocycles. The van der Waals surface area contributed by atoms with E-state index < -0.39 is 5.97 Å². The van der Waals surface area contributed by atoms with E-state index in [2.05, 4.69) is 0 Å². The first-order valence-corrected chi connectivity index (χ1v) is 14.5. The molecule has 4 aromatic rings. The topological polar surface area (TPSA) is 93.6 Å². The molecule has 2 amide bonds. The van der Waals surface area contributed by atoms with E-state index in [4.69, 9.17) is 9.72 Å². The lowest BCUT2D eigenvalue weighted by Crippen LogP contribution is -2.32. The number of nitrogens with zero attached hydrogens (tertiary/aromatic N) is 2. The number of rotatable bonds is 6. The Morgan fingerprint density at radius 1 is 0.881 bits per heavy atom. The third-order valence-electron chi connectivity index (χ3n) is 9.32. The number of anilines is 1. The quantitative estimate of drug-likeness (QED) is 0.161. The summed E-state index contributed by atoms with van der Waals surface area (Å²) in [7, 11) is 0. The van der Waals surface area contributed by atoms with Crippen molar-refractivity contribution in [2.24, 2.45) is 23.7 Å². The number of carbonyl (C=O) groups excluding carboxylic acids is 4. The summed E-state index contributed by atoms with van der Waals surface area (Å²) in [6, 6.07) is 21.6. The van der Waals surface area contributed by atoms with Crippen LogP contribution in [0.15, 0.2) is 72.8 Å². The van der Waals surface area contributed by atoms with Gasteiger partial charge in [-0.15, -0.1) is 0 Å². The molecule has 3 fully saturated rings. The molecule has 7 rings (SSSR count). The molecule has 42 heavy (non-hydrogen) atoms. The minimum absolute atomic E-state index is 0.0744. The fraction of sp³-hybridized carbons (Fsp3) is 0.286. The molecular formula is C35H30N2O5. The number of imide groups is 1. The number of ketones is 1. The van der Waals surface area contributed by atoms with Gasteiger partial charge in [-0.05, 0) is 68.7 Å². The zero-order valence-corrected chi connectivity index (χ0v) is 23.5. The maximum absolute atomic E-state index is 13.3. The molecule has 4 atom stereocenters. The van der Waals surface area contributed by atoms with Gasteiger partial charge >= 0.3 is 5.97 Å². The number of esters is 1. The van der Waals surface area contributed by atoms with Crippen LogP contribution in [0.3, 0.4) is 0 Å². The number of hydrogen-bond acceptors (Lipinski definition) is 6. The minimum atomic E-state index is -0.610. The molecule has 2 aliphatic carbocycles. The number of aromatic nitrogens is 1. The van der Waals surface area contributed by atoms with E-state index in [0.29, 0.717) is 45.2 Å². The average molecular weight is 559 g/mol. The van der Waals surface area contributed by atoms with Gasteiger partial charge < -0.3 is 4.74 Å². The number of pyridine rings is 1. The molecular weight excluding hydrogens is 528 g/mol. The van der Waals surface area contributed by atoms with Gasteiger partial charge in [0.15, 0.2) is 12.4 Å². The molecule has 2 bridgehead atoms. The number of benzene rings is 3. The maximum atomic E-state index is 13.3. The Kier molecular flexibility index (Phi) is 6.26. The van der Waals surface area contributed by atoms with Gasteiger partial charge in [-0.3, -0.25) is 19.3 Å². The van der Waals surface area contributed by atoms with Crippen LogP contribution in [0.5, 0.6) is 0 Å². The van der Waals surface area contributed by atoms with Gasteiger partial charge in [0.05, 0.1) is 34.3 Å². The van der Waals surface area contributed by atoms with E-state index in [1.165, 1.54) is 4.90 Å². The Morgan fingerprint density at radius 2 is 1.55 bits per heavy atom. The lowest BCUT2D eigenvalue weighted by atomic mass is 9.81. The summed E-state index contributed by atoms with van der Waals surface area (Å²) in [6.45, 7) is 3.49. The van der Waals surface area contributed by atoms with Crippen LogP contribution in [0, 0.1) is 37.5 Å². The number of carbonyl (C=O) groups is 4. The third kappa shape index (κ3) is 4.23. The van der Waals surface area contributed by atoms with E-state index in [-0.39, 0.29) is 36.0 Å². The maximum Gasteiger partial charge on any atom is 0.339 e. The van der Waals surface area contributed by atoms with E-state index in [1.807, 2.05) is 56.3 Å². The smallest absolute Gasteiger partial charge is 0.339 e. The highest BCUT2D eigenvalue weighted by Crippen LogP contribution is 2.56. The van der Waals surface area contributed by atoms with Gasteiger partial charge in [0, 0.05) is 16.5 Å². The van der Waals surface area contributed by atoms with E-state index in [0.717, 1.165) is 36.0 Å². The molecule has 7 heteroatoms. The molecule has 2 heterocycles. The predicted octanol–water partition coefficient (Wildman–Crippen LogP) is 6.09. The van der Waals surface area contributed by atoms with Crippen LogP contribution < -0.4 is 4.90 Å². The largest absolute Gasteiger partial charge is 0.454 e. The molecule has 1 saturated heterocycles. The van der Waals surface area contributed by atoms with Crippen molar-refractivity contribution >= 4 is 40.2 Å². The van der Waals surface area contributed by atoms with E-state index in [9.17, 15) is 19.2 Å². The predicted molar refractivity (Wildman–Crippen MR) is 158 cm³/mol. The van der Waals surface area contributed by atoms with Crippen LogP contribution in [0.4, 0.5) is 5.69 Å². The second-order valence-corrected chi connectivity index (χ2v) is 11.8. The molecule has 3 aliphatic rings. The van der Waals surface area contributed by atoms with Crippen LogP contribution in [-0.2, 0) is 14.3 Å². The lowest BCUT2D eigenvalue weighted by molar-refractivity contribution is -0.123. The zero-order chi connectivity index (χ0) is 29.1. The van der Waals surface area contributed by atoms with Crippen molar-refractivity contribution in [3.8, 4) is 11.3 Å². The van der Waals surface area contributed by atoms with Crippen LogP contribution >= 0.6 is 0 Å². The fourth-order valence-electron chi connectivity index (χ4n) is 7.18. The Labute approximate surface area is 243 Å². The SMILES string of the molecule is Cc1ccc(C(=O)COC(=O)c2cc(-c3ccc(N4C(=O)C5C6CCC(C6)C5C4=O)cc3)nc3c(C)cccc23)cc1. The molecule has 0 radical (unpaired) electrons. The van der Waals surface area contributed by atoms with Gasteiger partial charge in [0.25, 0.3) is 0 Å². The van der Waals surface area contributed by atoms with Crippen molar-refractivity contribution in [1.82, 2.24) is 4.98 Å². The van der Waals surface area contributed by atoms with Gasteiger partial charge in [-0.25, -0.2) is 9.78 Å². The molecule has 4 unspecified atom stereocenters. The first-order chi connectivity index (χ1) is 20.3. The van der Waals surface area contributed by atoms with Crippen molar-refractivity contribution in [2.75, 3.05) is 11.5 Å². The summed E-state index contributed by atoms with van der Waals surface area (Å²) in [4.78, 5) is 58.7. The fourth-order valence-corrected chi connectivity index (χ4v) is 7.18. The minimum Gasteiger partial charge on any atom is -0.454 e. The zero-order valence-electron chi connectivity index (χ0n) is 23.5. The number of para-hydroxylation sites is 1. The summed E-state index contributed by atoms with van der Waals surface area (Å²) < 4.78 is 5.48. The monoisotopic (exact) mass is 558 g/mol. The highest BCUT2D eigenvalue weighted by molar-refractivity contribution is 6.22. The number of ether oxygens (including phenoxy) is 1. The number of Topliss-reactive ketones (excluding diaryl/α,β-unsaturated/α-hetero) is 1. The summed E-state index contributed by atoms with van der Waals surface area (Å²) in [5.41, 5.74) is 5.23. The van der Waals surface area contributed by atoms with Crippen LogP contribution in [0.2, 0.25) is 0 Å². The summed E-state index contributed by atoms with van der Waals surface area (Å²) in [5.74, 6) is -0.728. The summed E-state index contributed by atoms with van der Waals surface area (Å²) in [6.07, 6.45) is 3.07. The van der Waals surface area contributed by atoms with Crippen molar-refractivity contribution in [2.45, 2.75) is 33.1 Å². The number of amides is 2. The molecule has 7 nitrogen and oxygen atoms in total. The van der Waals surface area contributed by atoms with Gasteiger partial charge in [-0.1, -0.05) is 60.2 Å². The van der Waals surface area contributed by atoms with Gasteiger partial charge in [0.2, 0.25) is 11.8 Å². The van der Waals surface area contributed by atoms with Crippen molar-refractivity contribution in [1.29, 1.82) is 0 Å². The molecule has 210 valence electrons. The number of fused-ring (bicyclic) bond motifs is 6. The van der Waals surface area contributed by atoms with Crippen molar-refractivity contribution < 1.29 is 23.9 Å². The molecule has 0 spiro atoms. The second kappa shape index (κ2) is 10.0. The van der Waals surface area contributed by atoms with Crippen molar-refractivity contribution in [3.05, 3.63) is 95.1 Å². The molecule has 2 saturated carbocycles. The van der Waals surface area contributed by atoms with E-state index in [1.54, 1.807) is 30.3 Å². The van der Waals surface area contributed by atoms with Crippen LogP contribution in [0.25, 0.3) is 22.2 Å². The van der Waals surface area contributed by atoms with Crippen LogP contribution in [0.1, 0.15) is 51.1 Å². The van der Waals surface area contributed by atoms with Crippen LogP contribution in [-0.4, -0.2) is 35.2 Å². The standard InChI is InChI=1S/C35H30N2O5/c1-19-6-8-22(9-7-19)29(38)18-42-35(41)27-17-28(36-32-20(2)4-3-5-26(27)32)21-12-14-25(15-13-21)37-33(39)30-23-10-11-24(16-23)31(30)34(37)40/h3-9,12-15,17,23-24,30-31H,10-11,16,18H2,1-2H3. The lowest BCUT2D eigenvalue weighted by Gasteiger charge is -2.19. The summed E-state index contributed by atoms with van der Waals surface area (Å²) in [5, 5.41) is 0.637. The second-order valence-electron chi connectivity index (χ2n) is 11.8. The third-order valence-corrected chi connectivity index (χ3v) is 9.32. The Morgan fingerprint density at radius 3 is 2.21 bits per heavy atom. The molecule has 1 aromatic heterocycles. The molecule has 0 N–H and O–H groups in total. The number of aryl methyl sites for hydroxylation is 2. The van der Waals surface area contributed by atoms with Crippen molar-refractivity contribution in [3.63, 3.8) is 0 Å². The van der Waals surface area contributed by atoms with E-state index >= 15 is 0 Å². The Bertz CT molecular complexity index is 1750. The van der Waals surface area contributed by atoms with Gasteiger partial charge in [-0.2, -0.15) is 0 Å². The Balaban J connectivity index is 1.17. The summed E-state index contributed by atoms with van der Waals surface area (Å²) >= 11 is 0. The first kappa shape index (κ1) is 26.3. The van der Waals surface area contributed by atoms with Gasteiger partial charge in [0.1, 0.15) is 0 Å². The average Bonchev–Trinajstić information content (AvgIpc) is 3.69. The Hall–Kier alpha value is -4.65.